The third-order valence-corrected chi connectivity index (χ3v) is 5.28. The first-order valence-electron chi connectivity index (χ1n) is 7.95. The van der Waals surface area contributed by atoms with Crippen molar-refractivity contribution in [1.29, 1.82) is 0 Å². The summed E-state index contributed by atoms with van der Waals surface area (Å²) in [6.07, 6.45) is 0.931. The van der Waals surface area contributed by atoms with Gasteiger partial charge in [-0.3, -0.25) is 9.59 Å². The average Bonchev–Trinajstić information content (AvgIpc) is 2.58. The number of anilines is 1. The Bertz CT molecular complexity index is 950. The highest BCUT2D eigenvalue weighted by molar-refractivity contribution is 9.10. The van der Waals surface area contributed by atoms with Crippen LogP contribution in [0, 0.1) is 5.82 Å². The van der Waals surface area contributed by atoms with Gasteiger partial charge in [0.25, 0.3) is 5.91 Å². The van der Waals surface area contributed by atoms with Gasteiger partial charge in [0.15, 0.2) is 0 Å². The topological polar surface area (TPSA) is 92.3 Å². The minimum atomic E-state index is -3.34. The number of rotatable bonds is 7. The van der Waals surface area contributed by atoms with Crippen molar-refractivity contribution in [2.45, 2.75) is 12.5 Å². The van der Waals surface area contributed by atoms with Crippen molar-refractivity contribution in [1.82, 2.24) is 5.32 Å². The maximum absolute atomic E-state index is 13.3. The summed E-state index contributed by atoms with van der Waals surface area (Å²) < 4.78 is 36.8. The Balaban J connectivity index is 2.18. The Morgan fingerprint density at radius 2 is 1.85 bits per heavy atom. The van der Waals surface area contributed by atoms with Crippen LogP contribution in [0.25, 0.3) is 0 Å². The van der Waals surface area contributed by atoms with Gasteiger partial charge in [-0.1, -0.05) is 18.2 Å². The summed E-state index contributed by atoms with van der Waals surface area (Å²) >= 11 is 3.26. The largest absolute Gasteiger partial charge is 0.340 e. The van der Waals surface area contributed by atoms with Gasteiger partial charge >= 0.3 is 0 Å². The zero-order chi connectivity index (χ0) is 20.0. The molecule has 0 aliphatic carbocycles. The molecule has 0 radical (unpaired) electrons. The van der Waals surface area contributed by atoms with E-state index < -0.39 is 33.5 Å². The number of hydrogen-bond acceptors (Lipinski definition) is 4. The van der Waals surface area contributed by atoms with E-state index in [0.717, 1.165) is 12.3 Å². The van der Waals surface area contributed by atoms with E-state index in [1.807, 2.05) is 0 Å². The fourth-order valence-electron chi connectivity index (χ4n) is 2.28. The zero-order valence-corrected chi connectivity index (χ0v) is 16.8. The molecule has 0 aliphatic rings. The average molecular weight is 457 g/mol. The molecule has 0 aliphatic heterocycles. The standard InChI is InChI=1S/C18H18BrFN2O4S/c1-27(25,26)10-9-16(18(24)21-13-6-4-5-12(20)11-13)22-17(23)14-7-2-3-8-15(14)19/h2-8,11,16H,9-10H2,1H3,(H,21,24)(H,22,23). The predicted molar refractivity (Wildman–Crippen MR) is 105 cm³/mol. The second-order valence-electron chi connectivity index (χ2n) is 5.92. The molecule has 6 nitrogen and oxygen atoms in total. The first-order valence-corrected chi connectivity index (χ1v) is 10.8. The van der Waals surface area contributed by atoms with E-state index in [4.69, 9.17) is 0 Å². The normalized spacial score (nSPS) is 12.3. The third-order valence-electron chi connectivity index (χ3n) is 3.61. The molecule has 1 unspecified atom stereocenters. The summed E-state index contributed by atoms with van der Waals surface area (Å²) in [6.45, 7) is 0. The van der Waals surface area contributed by atoms with E-state index in [9.17, 15) is 22.4 Å². The zero-order valence-electron chi connectivity index (χ0n) is 14.4. The highest BCUT2D eigenvalue weighted by Gasteiger charge is 2.24. The second-order valence-corrected chi connectivity index (χ2v) is 9.04. The van der Waals surface area contributed by atoms with Crippen LogP contribution in [-0.4, -0.2) is 38.3 Å². The lowest BCUT2D eigenvalue weighted by Crippen LogP contribution is -2.44. The molecule has 0 aromatic heterocycles. The molecule has 2 amide bonds. The Hall–Kier alpha value is -2.26. The number of nitrogens with one attached hydrogen (secondary N) is 2. The lowest BCUT2D eigenvalue weighted by Gasteiger charge is -2.18. The Labute approximate surface area is 165 Å². The maximum Gasteiger partial charge on any atom is 0.253 e. The number of sulfone groups is 1. The SMILES string of the molecule is CS(=O)(=O)CCC(NC(=O)c1ccccc1Br)C(=O)Nc1cccc(F)c1. The summed E-state index contributed by atoms with van der Waals surface area (Å²) in [5, 5.41) is 5.03. The summed E-state index contributed by atoms with van der Waals surface area (Å²) in [4.78, 5) is 25.0. The highest BCUT2D eigenvalue weighted by atomic mass is 79.9. The lowest BCUT2D eigenvalue weighted by atomic mass is 10.1. The van der Waals surface area contributed by atoms with Gasteiger partial charge in [-0.15, -0.1) is 0 Å². The van der Waals surface area contributed by atoms with Crippen molar-refractivity contribution < 1.29 is 22.4 Å². The molecule has 0 saturated carbocycles. The highest BCUT2D eigenvalue weighted by Crippen LogP contribution is 2.16. The number of halogens is 2. The van der Waals surface area contributed by atoms with Crippen LogP contribution in [0.4, 0.5) is 10.1 Å². The number of carbonyl (C=O) groups is 2. The molecule has 2 aromatic rings. The van der Waals surface area contributed by atoms with Crippen LogP contribution in [0.3, 0.4) is 0 Å². The Kier molecular flexibility index (Phi) is 7.09. The first-order chi connectivity index (χ1) is 12.7. The van der Waals surface area contributed by atoms with E-state index in [2.05, 4.69) is 26.6 Å². The molecular formula is C18H18BrFN2O4S. The predicted octanol–water partition coefficient (Wildman–Crippen LogP) is 2.76. The van der Waals surface area contributed by atoms with E-state index >= 15 is 0 Å². The number of carbonyl (C=O) groups excluding carboxylic acids is 2. The molecule has 2 aromatic carbocycles. The van der Waals surface area contributed by atoms with Crippen LogP contribution in [0.5, 0.6) is 0 Å². The van der Waals surface area contributed by atoms with Crippen LogP contribution in [0.1, 0.15) is 16.8 Å². The van der Waals surface area contributed by atoms with Crippen molar-refractivity contribution in [3.8, 4) is 0 Å². The van der Waals surface area contributed by atoms with Crippen molar-refractivity contribution >= 4 is 43.3 Å². The quantitative estimate of drug-likeness (QED) is 0.669. The van der Waals surface area contributed by atoms with Gasteiger partial charge in [-0.2, -0.15) is 0 Å². The molecule has 0 bridgehead atoms. The molecule has 2 N–H and O–H groups in total. The first kappa shape index (κ1) is 21.0. The summed E-state index contributed by atoms with van der Waals surface area (Å²) in [7, 11) is -3.34. The van der Waals surface area contributed by atoms with Crippen LogP contribution >= 0.6 is 15.9 Å². The minimum Gasteiger partial charge on any atom is -0.340 e. The maximum atomic E-state index is 13.3. The van der Waals surface area contributed by atoms with Crippen molar-refractivity contribution in [3.63, 3.8) is 0 Å². The van der Waals surface area contributed by atoms with Crippen LogP contribution in [-0.2, 0) is 14.6 Å². The number of benzene rings is 2. The molecule has 0 fully saturated rings. The van der Waals surface area contributed by atoms with Crippen LogP contribution in [0.15, 0.2) is 53.0 Å². The third kappa shape index (κ3) is 6.76. The summed E-state index contributed by atoms with van der Waals surface area (Å²) in [5.74, 6) is -1.98. The van der Waals surface area contributed by atoms with E-state index in [1.165, 1.54) is 18.2 Å². The van der Waals surface area contributed by atoms with Gasteiger partial charge in [0.2, 0.25) is 5.91 Å². The molecule has 2 rings (SSSR count). The summed E-state index contributed by atoms with van der Waals surface area (Å²) in [6, 6.07) is 10.8. The smallest absolute Gasteiger partial charge is 0.253 e. The molecule has 1 atom stereocenters. The van der Waals surface area contributed by atoms with Crippen molar-refractivity contribution in [2.24, 2.45) is 0 Å². The van der Waals surface area contributed by atoms with Crippen LogP contribution in [0.2, 0.25) is 0 Å². The fraction of sp³-hybridized carbons (Fsp3) is 0.222. The van der Waals surface area contributed by atoms with Gasteiger partial charge in [0.05, 0.1) is 11.3 Å². The molecule has 0 saturated heterocycles. The minimum absolute atomic E-state index is 0.115. The number of hydrogen-bond donors (Lipinski definition) is 2. The Morgan fingerprint density at radius 3 is 2.48 bits per heavy atom. The molecular weight excluding hydrogens is 439 g/mol. The lowest BCUT2D eigenvalue weighted by molar-refractivity contribution is -0.118. The van der Waals surface area contributed by atoms with Gasteiger partial charge in [-0.05, 0) is 52.7 Å². The molecule has 0 spiro atoms. The van der Waals surface area contributed by atoms with Crippen LogP contribution < -0.4 is 10.6 Å². The molecule has 9 heteroatoms. The molecule has 0 heterocycles. The van der Waals surface area contributed by atoms with E-state index in [0.29, 0.717) is 10.0 Å². The van der Waals surface area contributed by atoms with E-state index in [1.54, 1.807) is 24.3 Å². The summed E-state index contributed by atoms with van der Waals surface area (Å²) in [5.41, 5.74) is 0.514. The second kappa shape index (κ2) is 9.09. The Morgan fingerprint density at radius 1 is 1.15 bits per heavy atom. The van der Waals surface area contributed by atoms with Gasteiger partial charge < -0.3 is 10.6 Å². The van der Waals surface area contributed by atoms with Crippen molar-refractivity contribution in [3.05, 3.63) is 64.4 Å². The van der Waals surface area contributed by atoms with Gasteiger partial charge in [0, 0.05) is 16.4 Å². The fourth-order valence-corrected chi connectivity index (χ4v) is 3.41. The van der Waals surface area contributed by atoms with Gasteiger partial charge in [-0.25, -0.2) is 12.8 Å². The van der Waals surface area contributed by atoms with Crippen molar-refractivity contribution in [2.75, 3.05) is 17.3 Å². The monoisotopic (exact) mass is 456 g/mol. The van der Waals surface area contributed by atoms with E-state index in [-0.39, 0.29) is 17.9 Å². The molecule has 27 heavy (non-hydrogen) atoms. The van der Waals surface area contributed by atoms with Gasteiger partial charge in [0.1, 0.15) is 21.7 Å². The molecule has 144 valence electrons. The number of amides is 2.